The largest absolute Gasteiger partial charge is 0.508 e. The molecule has 0 amide bonds. The van der Waals surface area contributed by atoms with Crippen LogP contribution in [0.2, 0.25) is 0 Å². The summed E-state index contributed by atoms with van der Waals surface area (Å²) in [4.78, 5) is 2.15. The van der Waals surface area contributed by atoms with Gasteiger partial charge in [0, 0.05) is 5.56 Å². The third kappa shape index (κ3) is 3.85. The molecule has 112 valence electrons. The predicted molar refractivity (Wildman–Crippen MR) is 88.7 cm³/mol. The fourth-order valence-corrected chi connectivity index (χ4v) is 2.75. The highest BCUT2D eigenvalue weighted by molar-refractivity contribution is 5.43. The molecule has 2 heteroatoms. The summed E-state index contributed by atoms with van der Waals surface area (Å²) in [5, 5.41) is 10.3. The lowest BCUT2D eigenvalue weighted by molar-refractivity contribution is 0.331. The third-order valence-corrected chi connectivity index (χ3v) is 3.84. The molecule has 21 heavy (non-hydrogen) atoms. The molecular formula is C19H25NO. The molecule has 0 aliphatic carbocycles. The van der Waals surface area contributed by atoms with Crippen LogP contribution in [0, 0.1) is 0 Å². The van der Waals surface area contributed by atoms with Crippen LogP contribution in [0.4, 0.5) is 0 Å². The van der Waals surface area contributed by atoms with Crippen LogP contribution >= 0.6 is 0 Å². The van der Waals surface area contributed by atoms with Crippen LogP contribution < -0.4 is 0 Å². The van der Waals surface area contributed by atoms with Crippen LogP contribution in [0.5, 0.6) is 5.75 Å². The van der Waals surface area contributed by atoms with E-state index in [1.54, 1.807) is 0 Å². The number of aromatic hydroxyl groups is 1. The van der Waals surface area contributed by atoms with Crippen molar-refractivity contribution in [2.75, 3.05) is 14.1 Å². The van der Waals surface area contributed by atoms with Gasteiger partial charge in [0.05, 0.1) is 6.04 Å². The Morgan fingerprint density at radius 2 is 1.76 bits per heavy atom. The van der Waals surface area contributed by atoms with Crippen LogP contribution in [-0.2, 0) is 6.42 Å². The fourth-order valence-electron chi connectivity index (χ4n) is 2.75. The molecule has 2 aromatic rings. The Morgan fingerprint density at radius 3 is 2.38 bits per heavy atom. The number of unbranched alkanes of at least 4 members (excludes halogenated alkanes) is 1. The van der Waals surface area contributed by atoms with Gasteiger partial charge in [-0.1, -0.05) is 55.8 Å². The summed E-state index contributed by atoms with van der Waals surface area (Å²) in [5.74, 6) is 0.373. The van der Waals surface area contributed by atoms with Crippen LogP contribution in [0.15, 0.2) is 48.5 Å². The molecule has 0 aliphatic heterocycles. The maximum atomic E-state index is 10.3. The zero-order chi connectivity index (χ0) is 15.2. The zero-order valence-corrected chi connectivity index (χ0v) is 13.2. The molecule has 1 unspecified atom stereocenters. The van der Waals surface area contributed by atoms with Gasteiger partial charge in [-0.3, -0.25) is 4.90 Å². The zero-order valence-electron chi connectivity index (χ0n) is 13.2. The summed E-state index contributed by atoms with van der Waals surface area (Å²) in [5.41, 5.74) is 3.48. The second-order valence-corrected chi connectivity index (χ2v) is 5.77. The lowest BCUT2D eigenvalue weighted by Gasteiger charge is -2.26. The highest BCUT2D eigenvalue weighted by atomic mass is 16.3. The minimum atomic E-state index is 0.0766. The SMILES string of the molecule is CCCCc1ccc(O)c(C(c2ccccc2)N(C)C)c1. The summed E-state index contributed by atoms with van der Waals surface area (Å²) in [6.07, 6.45) is 3.44. The molecule has 1 atom stereocenters. The van der Waals surface area contributed by atoms with E-state index in [2.05, 4.69) is 44.1 Å². The second kappa shape index (κ2) is 7.28. The number of aryl methyl sites for hydroxylation is 1. The average molecular weight is 283 g/mol. The molecule has 0 radical (unpaired) electrons. The number of phenols is 1. The van der Waals surface area contributed by atoms with Gasteiger partial charge in [-0.15, -0.1) is 0 Å². The molecule has 0 saturated heterocycles. The van der Waals surface area contributed by atoms with Crippen LogP contribution in [0.3, 0.4) is 0 Å². The first-order valence-corrected chi connectivity index (χ1v) is 7.66. The van der Waals surface area contributed by atoms with Gasteiger partial charge < -0.3 is 5.11 Å². The van der Waals surface area contributed by atoms with E-state index in [0.717, 1.165) is 12.0 Å². The molecule has 0 aliphatic rings. The molecule has 0 fully saturated rings. The molecule has 0 saturated carbocycles. The van der Waals surface area contributed by atoms with E-state index in [4.69, 9.17) is 0 Å². The van der Waals surface area contributed by atoms with Gasteiger partial charge >= 0.3 is 0 Å². The topological polar surface area (TPSA) is 23.5 Å². The van der Waals surface area contributed by atoms with Gasteiger partial charge in [-0.05, 0) is 44.1 Å². The average Bonchev–Trinajstić information content (AvgIpc) is 2.49. The van der Waals surface area contributed by atoms with Gasteiger partial charge in [-0.2, -0.15) is 0 Å². The van der Waals surface area contributed by atoms with Crippen molar-refractivity contribution in [2.24, 2.45) is 0 Å². The van der Waals surface area contributed by atoms with Gasteiger partial charge in [-0.25, -0.2) is 0 Å². The van der Waals surface area contributed by atoms with Crippen molar-refractivity contribution in [3.05, 3.63) is 65.2 Å². The highest BCUT2D eigenvalue weighted by Crippen LogP contribution is 2.33. The molecular weight excluding hydrogens is 258 g/mol. The van der Waals surface area contributed by atoms with Crippen molar-refractivity contribution in [3.63, 3.8) is 0 Å². The van der Waals surface area contributed by atoms with E-state index < -0.39 is 0 Å². The van der Waals surface area contributed by atoms with Crippen molar-refractivity contribution in [1.82, 2.24) is 4.90 Å². The molecule has 0 aromatic heterocycles. The number of hydrogen-bond donors (Lipinski definition) is 1. The summed E-state index contributed by atoms with van der Waals surface area (Å²) >= 11 is 0. The number of nitrogens with zero attached hydrogens (tertiary/aromatic N) is 1. The molecule has 0 bridgehead atoms. The van der Waals surface area contributed by atoms with E-state index >= 15 is 0 Å². The van der Waals surface area contributed by atoms with E-state index in [0.29, 0.717) is 5.75 Å². The number of benzene rings is 2. The number of rotatable bonds is 6. The molecule has 1 N–H and O–H groups in total. The van der Waals surface area contributed by atoms with Gasteiger partial charge in [0.15, 0.2) is 0 Å². The lowest BCUT2D eigenvalue weighted by atomic mass is 9.94. The first-order chi connectivity index (χ1) is 10.1. The summed E-state index contributed by atoms with van der Waals surface area (Å²) in [6.45, 7) is 2.20. The Morgan fingerprint density at radius 1 is 1.05 bits per heavy atom. The van der Waals surface area contributed by atoms with E-state index in [9.17, 15) is 5.11 Å². The number of hydrogen-bond acceptors (Lipinski definition) is 2. The van der Waals surface area contributed by atoms with Crippen molar-refractivity contribution < 1.29 is 5.11 Å². The van der Waals surface area contributed by atoms with Gasteiger partial charge in [0.25, 0.3) is 0 Å². The van der Waals surface area contributed by atoms with E-state index in [1.165, 1.54) is 24.0 Å². The predicted octanol–water partition coefficient (Wildman–Crippen LogP) is 4.39. The van der Waals surface area contributed by atoms with Crippen molar-refractivity contribution in [3.8, 4) is 5.75 Å². The Balaban J connectivity index is 2.40. The summed E-state index contributed by atoms with van der Waals surface area (Å²) in [6, 6.07) is 16.4. The lowest BCUT2D eigenvalue weighted by Crippen LogP contribution is -2.21. The minimum Gasteiger partial charge on any atom is -0.508 e. The Kier molecular flexibility index (Phi) is 5.40. The monoisotopic (exact) mass is 283 g/mol. The highest BCUT2D eigenvalue weighted by Gasteiger charge is 2.20. The van der Waals surface area contributed by atoms with Crippen LogP contribution in [0.25, 0.3) is 0 Å². The maximum Gasteiger partial charge on any atom is 0.120 e. The summed E-state index contributed by atoms with van der Waals surface area (Å²) in [7, 11) is 4.10. The second-order valence-electron chi connectivity index (χ2n) is 5.77. The van der Waals surface area contributed by atoms with Crippen molar-refractivity contribution >= 4 is 0 Å². The fraction of sp³-hybridized carbons (Fsp3) is 0.368. The molecule has 2 aromatic carbocycles. The van der Waals surface area contributed by atoms with Gasteiger partial charge in [0.1, 0.15) is 5.75 Å². The maximum absolute atomic E-state index is 10.3. The summed E-state index contributed by atoms with van der Waals surface area (Å²) < 4.78 is 0. The van der Waals surface area contributed by atoms with Crippen molar-refractivity contribution in [2.45, 2.75) is 32.2 Å². The Bertz CT molecular complexity index is 563. The molecule has 0 heterocycles. The van der Waals surface area contributed by atoms with Crippen LogP contribution in [-0.4, -0.2) is 24.1 Å². The van der Waals surface area contributed by atoms with E-state index in [1.807, 2.05) is 30.3 Å². The third-order valence-electron chi connectivity index (χ3n) is 3.84. The number of phenolic OH excluding ortho intramolecular Hbond substituents is 1. The quantitative estimate of drug-likeness (QED) is 0.850. The smallest absolute Gasteiger partial charge is 0.120 e. The first kappa shape index (κ1) is 15.6. The van der Waals surface area contributed by atoms with Crippen molar-refractivity contribution in [1.29, 1.82) is 0 Å². The molecule has 2 nitrogen and oxygen atoms in total. The normalized spacial score (nSPS) is 12.6. The standard InChI is InChI=1S/C19H25NO/c1-4-5-9-15-12-13-18(21)17(14-15)19(20(2)3)16-10-7-6-8-11-16/h6-8,10-14,19,21H,4-5,9H2,1-3H3. The minimum absolute atomic E-state index is 0.0766. The first-order valence-electron chi connectivity index (χ1n) is 7.66. The van der Waals surface area contributed by atoms with E-state index in [-0.39, 0.29) is 6.04 Å². The Hall–Kier alpha value is -1.80. The van der Waals surface area contributed by atoms with Gasteiger partial charge in [0.2, 0.25) is 0 Å². The molecule has 0 spiro atoms. The molecule has 2 rings (SSSR count). The Labute approximate surface area is 128 Å². The van der Waals surface area contributed by atoms with Crippen LogP contribution in [0.1, 0.15) is 42.5 Å².